The van der Waals surface area contributed by atoms with Crippen molar-refractivity contribution in [3.05, 3.63) is 29.9 Å². The molecule has 2 aromatic rings. The van der Waals surface area contributed by atoms with Gasteiger partial charge in [0.15, 0.2) is 0 Å². The number of aromatic nitrogens is 4. The van der Waals surface area contributed by atoms with Gasteiger partial charge in [-0.3, -0.25) is 4.90 Å². The number of aryl methyl sites for hydroxylation is 3. The first kappa shape index (κ1) is 14.8. The lowest BCUT2D eigenvalue weighted by molar-refractivity contribution is -0.0548. The highest BCUT2D eigenvalue weighted by Gasteiger charge is 2.34. The van der Waals surface area contributed by atoms with Gasteiger partial charge in [0.25, 0.3) is 0 Å². The zero-order chi connectivity index (χ0) is 15.6. The van der Waals surface area contributed by atoms with Crippen LogP contribution in [-0.2, 0) is 17.7 Å². The van der Waals surface area contributed by atoms with E-state index in [-0.39, 0.29) is 6.10 Å². The van der Waals surface area contributed by atoms with E-state index in [1.54, 1.807) is 0 Å². The predicted octanol–water partition coefficient (Wildman–Crippen LogP) is 1.74. The van der Waals surface area contributed by atoms with Gasteiger partial charge in [-0.05, 0) is 32.7 Å². The van der Waals surface area contributed by atoms with Crippen molar-refractivity contribution in [2.24, 2.45) is 0 Å². The molecule has 0 unspecified atom stereocenters. The molecule has 4 rings (SSSR count). The summed E-state index contributed by atoms with van der Waals surface area (Å²) in [5, 5.41) is 4.13. The lowest BCUT2D eigenvalue weighted by Gasteiger charge is -2.33. The molecule has 0 amide bonds. The fraction of sp³-hybridized carbons (Fsp3) is 0.688. The van der Waals surface area contributed by atoms with Gasteiger partial charge in [-0.15, -0.1) is 0 Å². The maximum Gasteiger partial charge on any atom is 0.226 e. The van der Waals surface area contributed by atoms with Crippen LogP contribution in [-0.4, -0.2) is 50.3 Å². The molecule has 7 heteroatoms. The van der Waals surface area contributed by atoms with Gasteiger partial charge < -0.3 is 13.8 Å². The van der Waals surface area contributed by atoms with Crippen molar-refractivity contribution in [3.63, 3.8) is 0 Å². The minimum absolute atomic E-state index is 0.0438. The second kappa shape index (κ2) is 6.41. The zero-order valence-electron chi connectivity index (χ0n) is 13.5. The second-order valence-corrected chi connectivity index (χ2v) is 6.43. The third kappa shape index (κ3) is 3.16. The quantitative estimate of drug-likeness (QED) is 0.837. The average molecular weight is 317 g/mol. The lowest BCUT2D eigenvalue weighted by atomic mass is 10.2. The molecule has 7 nitrogen and oxygen atoms in total. The molecule has 2 saturated heterocycles. The van der Waals surface area contributed by atoms with Crippen LogP contribution in [0.25, 0.3) is 0 Å². The number of hydrogen-bond acceptors (Lipinski definition) is 6. The Kier molecular flexibility index (Phi) is 4.13. The van der Waals surface area contributed by atoms with Gasteiger partial charge in [0.2, 0.25) is 11.7 Å². The topological polar surface area (TPSA) is 69.2 Å². The number of morpholine rings is 1. The molecule has 2 fully saturated rings. The Morgan fingerprint density at radius 2 is 2.35 bits per heavy atom. The van der Waals surface area contributed by atoms with Crippen molar-refractivity contribution in [2.75, 3.05) is 19.7 Å². The largest absolute Gasteiger partial charge is 0.367 e. The molecule has 0 aromatic carbocycles. The molecule has 0 spiro atoms. The summed E-state index contributed by atoms with van der Waals surface area (Å²) < 4.78 is 13.5. The second-order valence-electron chi connectivity index (χ2n) is 6.43. The first-order valence-corrected chi connectivity index (χ1v) is 8.45. The third-order valence-electron chi connectivity index (χ3n) is 4.87. The molecular formula is C16H23N5O2. The van der Waals surface area contributed by atoms with Gasteiger partial charge >= 0.3 is 0 Å². The minimum Gasteiger partial charge on any atom is -0.367 e. The number of ether oxygens (including phenoxy) is 1. The first-order valence-electron chi connectivity index (χ1n) is 8.45. The fourth-order valence-corrected chi connectivity index (χ4v) is 3.51. The summed E-state index contributed by atoms with van der Waals surface area (Å²) >= 11 is 0. The number of imidazole rings is 1. The molecule has 0 bridgehead atoms. The molecule has 2 atom stereocenters. The maximum atomic E-state index is 5.93. The Labute approximate surface area is 135 Å². The highest BCUT2D eigenvalue weighted by atomic mass is 16.5. The van der Waals surface area contributed by atoms with Crippen LogP contribution in [0.2, 0.25) is 0 Å². The van der Waals surface area contributed by atoms with E-state index in [0.29, 0.717) is 17.8 Å². The summed E-state index contributed by atoms with van der Waals surface area (Å²) in [5.74, 6) is 2.43. The van der Waals surface area contributed by atoms with Crippen LogP contribution in [0.3, 0.4) is 0 Å². The SMILES string of the molecule is Cc1nccn1CCCc1nc([C@H]2CN3CCC[C@H]3CO2)no1. The Balaban J connectivity index is 1.31. The van der Waals surface area contributed by atoms with Crippen LogP contribution < -0.4 is 0 Å². The van der Waals surface area contributed by atoms with E-state index in [4.69, 9.17) is 9.26 Å². The van der Waals surface area contributed by atoms with Crippen molar-refractivity contribution in [2.45, 2.75) is 51.3 Å². The van der Waals surface area contributed by atoms with E-state index in [9.17, 15) is 0 Å². The van der Waals surface area contributed by atoms with Crippen LogP contribution >= 0.6 is 0 Å². The summed E-state index contributed by atoms with van der Waals surface area (Å²) in [6.07, 6.45) is 8.03. The highest BCUT2D eigenvalue weighted by Crippen LogP contribution is 2.28. The number of nitrogens with zero attached hydrogens (tertiary/aromatic N) is 5. The van der Waals surface area contributed by atoms with Gasteiger partial charge in [0.1, 0.15) is 11.9 Å². The Morgan fingerprint density at radius 1 is 1.39 bits per heavy atom. The van der Waals surface area contributed by atoms with Gasteiger partial charge in [0.05, 0.1) is 6.61 Å². The molecule has 2 aliphatic rings. The Morgan fingerprint density at radius 3 is 3.22 bits per heavy atom. The summed E-state index contributed by atoms with van der Waals surface area (Å²) in [5.41, 5.74) is 0. The molecule has 23 heavy (non-hydrogen) atoms. The Hall–Kier alpha value is -1.73. The van der Waals surface area contributed by atoms with Gasteiger partial charge in [-0.25, -0.2) is 4.98 Å². The van der Waals surface area contributed by atoms with Crippen LogP contribution in [0, 0.1) is 6.92 Å². The van der Waals surface area contributed by atoms with Gasteiger partial charge in [0, 0.05) is 37.9 Å². The zero-order valence-corrected chi connectivity index (χ0v) is 13.5. The van der Waals surface area contributed by atoms with E-state index >= 15 is 0 Å². The van der Waals surface area contributed by atoms with E-state index in [1.165, 1.54) is 19.4 Å². The van der Waals surface area contributed by atoms with Crippen LogP contribution in [0.15, 0.2) is 16.9 Å². The standard InChI is InChI=1S/C16H23N5O2/c1-12-17-6-9-20(12)7-3-5-15-18-16(19-23-15)14-10-21-8-2-4-13(21)11-22-14/h6,9,13-14H,2-5,7-8,10-11H2,1H3/t13-,14+/m0/s1. The molecule has 0 saturated carbocycles. The third-order valence-corrected chi connectivity index (χ3v) is 4.87. The minimum atomic E-state index is -0.0438. The smallest absolute Gasteiger partial charge is 0.226 e. The number of hydrogen-bond donors (Lipinski definition) is 0. The molecule has 124 valence electrons. The van der Waals surface area contributed by atoms with E-state index in [1.807, 2.05) is 19.3 Å². The highest BCUT2D eigenvalue weighted by molar-refractivity contribution is 4.97. The molecule has 0 radical (unpaired) electrons. The first-order chi connectivity index (χ1) is 11.3. The van der Waals surface area contributed by atoms with Crippen LogP contribution in [0.1, 0.15) is 42.9 Å². The fourth-order valence-electron chi connectivity index (χ4n) is 3.51. The average Bonchev–Trinajstić information content (AvgIpc) is 3.28. The molecule has 2 aromatic heterocycles. The molecular weight excluding hydrogens is 294 g/mol. The molecule has 2 aliphatic heterocycles. The summed E-state index contributed by atoms with van der Waals surface area (Å²) in [4.78, 5) is 11.3. The van der Waals surface area contributed by atoms with Gasteiger partial charge in [-0.2, -0.15) is 4.98 Å². The van der Waals surface area contributed by atoms with Crippen molar-refractivity contribution >= 4 is 0 Å². The number of rotatable bonds is 5. The van der Waals surface area contributed by atoms with Crippen molar-refractivity contribution in [3.8, 4) is 0 Å². The van der Waals surface area contributed by atoms with Gasteiger partial charge in [-0.1, -0.05) is 5.16 Å². The molecule has 0 N–H and O–H groups in total. The molecule has 4 heterocycles. The summed E-state index contributed by atoms with van der Waals surface area (Å²) in [6.45, 7) is 5.77. The van der Waals surface area contributed by atoms with Crippen LogP contribution in [0.5, 0.6) is 0 Å². The summed E-state index contributed by atoms with van der Waals surface area (Å²) in [7, 11) is 0. The summed E-state index contributed by atoms with van der Waals surface area (Å²) in [6, 6.07) is 0.594. The van der Waals surface area contributed by atoms with E-state index < -0.39 is 0 Å². The number of fused-ring (bicyclic) bond motifs is 1. The lowest BCUT2D eigenvalue weighted by Crippen LogP contribution is -2.42. The van der Waals surface area contributed by atoms with Crippen LogP contribution in [0.4, 0.5) is 0 Å². The van der Waals surface area contributed by atoms with E-state index in [0.717, 1.165) is 38.4 Å². The van der Waals surface area contributed by atoms with Crippen molar-refractivity contribution in [1.29, 1.82) is 0 Å². The normalized spacial score (nSPS) is 24.9. The maximum absolute atomic E-state index is 5.93. The van der Waals surface area contributed by atoms with E-state index in [2.05, 4.69) is 24.6 Å². The monoisotopic (exact) mass is 317 g/mol. The van der Waals surface area contributed by atoms with Crippen molar-refractivity contribution < 1.29 is 9.26 Å². The predicted molar refractivity (Wildman–Crippen MR) is 82.9 cm³/mol. The molecule has 0 aliphatic carbocycles. The Bertz CT molecular complexity index is 652. The van der Waals surface area contributed by atoms with Crippen molar-refractivity contribution in [1.82, 2.24) is 24.6 Å².